The lowest BCUT2D eigenvalue weighted by atomic mass is 9.76. The first-order valence-corrected chi connectivity index (χ1v) is 13.6. The van der Waals surface area contributed by atoms with Crippen molar-refractivity contribution in [3.63, 3.8) is 0 Å². The zero-order valence-corrected chi connectivity index (χ0v) is 22.3. The first-order chi connectivity index (χ1) is 18.4. The molecule has 3 atom stereocenters. The van der Waals surface area contributed by atoms with E-state index in [1.807, 2.05) is 36.4 Å². The van der Waals surface area contributed by atoms with Crippen LogP contribution >= 0.6 is 0 Å². The van der Waals surface area contributed by atoms with E-state index in [1.54, 1.807) is 0 Å². The molecule has 0 amide bonds. The van der Waals surface area contributed by atoms with Crippen LogP contribution < -0.4 is 4.90 Å². The number of hydrogen-bond donors (Lipinski definition) is 1. The fourth-order valence-corrected chi connectivity index (χ4v) is 5.63. The molecule has 4 aromatic carbocycles. The van der Waals surface area contributed by atoms with E-state index in [9.17, 15) is 9.50 Å². The molecule has 0 spiro atoms. The van der Waals surface area contributed by atoms with Gasteiger partial charge in [0.2, 0.25) is 0 Å². The molecule has 0 aliphatic carbocycles. The average molecular weight is 506 g/mol. The van der Waals surface area contributed by atoms with Gasteiger partial charge in [0.25, 0.3) is 0 Å². The van der Waals surface area contributed by atoms with Crippen LogP contribution in [0.4, 0.5) is 10.1 Å². The lowest BCUT2D eigenvalue weighted by molar-refractivity contribution is 0.151. The summed E-state index contributed by atoms with van der Waals surface area (Å²) in [6.45, 7) is 8.66. The Morgan fingerprint density at radius 1 is 0.895 bits per heavy atom. The first kappa shape index (κ1) is 25.9. The number of halogens is 1. The number of aliphatic hydroxyl groups excluding tert-OH is 1. The second-order valence-electron chi connectivity index (χ2n) is 10.5. The van der Waals surface area contributed by atoms with Crippen LogP contribution in [-0.2, 0) is 6.42 Å². The number of hydrogen-bond acceptors (Lipinski definition) is 2. The van der Waals surface area contributed by atoms with Crippen LogP contribution in [0, 0.1) is 18.7 Å². The van der Waals surface area contributed by atoms with Crippen molar-refractivity contribution >= 4 is 5.69 Å². The molecule has 4 aromatic rings. The summed E-state index contributed by atoms with van der Waals surface area (Å²) < 4.78 is 13.7. The summed E-state index contributed by atoms with van der Waals surface area (Å²) in [6.07, 6.45) is 3.17. The van der Waals surface area contributed by atoms with Crippen LogP contribution in [0.25, 0.3) is 11.1 Å². The molecular weight excluding hydrogens is 469 g/mol. The van der Waals surface area contributed by atoms with Crippen molar-refractivity contribution < 1.29 is 9.50 Å². The molecule has 0 radical (unpaired) electrons. The highest BCUT2D eigenvalue weighted by Crippen LogP contribution is 2.51. The Morgan fingerprint density at radius 2 is 1.61 bits per heavy atom. The van der Waals surface area contributed by atoms with Crippen LogP contribution in [0.5, 0.6) is 0 Å². The Hall–Kier alpha value is -3.69. The second-order valence-corrected chi connectivity index (χ2v) is 10.5. The Morgan fingerprint density at radius 3 is 2.29 bits per heavy atom. The third kappa shape index (κ3) is 5.44. The maximum atomic E-state index is 13.7. The molecule has 0 saturated carbocycles. The van der Waals surface area contributed by atoms with Crippen LogP contribution in [0.15, 0.2) is 109 Å². The van der Waals surface area contributed by atoms with E-state index >= 15 is 0 Å². The quantitative estimate of drug-likeness (QED) is 0.245. The van der Waals surface area contributed by atoms with Gasteiger partial charge >= 0.3 is 0 Å². The Balaban J connectivity index is 1.39. The minimum atomic E-state index is -0.512. The lowest BCUT2D eigenvalue weighted by Gasteiger charge is -2.52. The molecule has 1 saturated heterocycles. The van der Waals surface area contributed by atoms with E-state index < -0.39 is 6.10 Å². The summed E-state index contributed by atoms with van der Waals surface area (Å²) in [7, 11) is 0. The fraction of sp³-hybridized carbons (Fsp3) is 0.257. The molecule has 2 nitrogen and oxygen atoms in total. The topological polar surface area (TPSA) is 23.5 Å². The minimum absolute atomic E-state index is 0.0821. The van der Waals surface area contributed by atoms with Gasteiger partial charge in [-0.1, -0.05) is 98.3 Å². The highest BCUT2D eigenvalue weighted by molar-refractivity contribution is 5.66. The molecule has 1 N–H and O–H groups in total. The number of benzene rings is 4. The Labute approximate surface area is 226 Å². The van der Waals surface area contributed by atoms with Crippen LogP contribution in [0.3, 0.4) is 0 Å². The molecule has 3 heteroatoms. The monoisotopic (exact) mass is 505 g/mol. The van der Waals surface area contributed by atoms with Gasteiger partial charge in [0.15, 0.2) is 0 Å². The molecule has 5 rings (SSSR count). The molecule has 3 unspecified atom stereocenters. The molecule has 0 bridgehead atoms. The zero-order valence-electron chi connectivity index (χ0n) is 22.3. The van der Waals surface area contributed by atoms with Gasteiger partial charge in [-0.3, -0.25) is 0 Å². The molecule has 194 valence electrons. The fourth-order valence-electron chi connectivity index (χ4n) is 5.63. The highest BCUT2D eigenvalue weighted by atomic mass is 19.1. The van der Waals surface area contributed by atoms with E-state index in [1.165, 1.54) is 39.9 Å². The van der Waals surface area contributed by atoms with Crippen molar-refractivity contribution in [2.45, 2.75) is 51.7 Å². The first-order valence-electron chi connectivity index (χ1n) is 13.6. The third-order valence-electron chi connectivity index (χ3n) is 7.77. The standard InChI is InChI=1S/C35H36FNO/c1-4-6-26-7-5-8-30(23-26)27-13-15-29(16-14-27)35-33(21-22-34(38)28-11-9-24(2)10-12-28)25(3)37(35)32-19-17-31(36)18-20-32/h5,7-20,23,33-35,38H,3-4,6,21-22H2,1-2H3. The van der Waals surface area contributed by atoms with Crippen LogP contribution in [-0.4, -0.2) is 5.11 Å². The second kappa shape index (κ2) is 11.4. The summed E-state index contributed by atoms with van der Waals surface area (Å²) in [5.41, 5.74) is 9.07. The van der Waals surface area contributed by atoms with Crippen molar-refractivity contribution in [3.05, 3.63) is 137 Å². The van der Waals surface area contributed by atoms with Gasteiger partial charge in [-0.25, -0.2) is 4.39 Å². The third-order valence-corrected chi connectivity index (χ3v) is 7.77. The van der Waals surface area contributed by atoms with Gasteiger partial charge in [0.05, 0.1) is 12.1 Å². The summed E-state index contributed by atoms with van der Waals surface area (Å²) >= 11 is 0. The van der Waals surface area contributed by atoms with E-state index in [4.69, 9.17) is 0 Å². The normalized spacial score (nSPS) is 17.8. The smallest absolute Gasteiger partial charge is 0.123 e. The predicted octanol–water partition coefficient (Wildman–Crippen LogP) is 8.96. The zero-order chi connectivity index (χ0) is 26.6. The van der Waals surface area contributed by atoms with E-state index in [0.717, 1.165) is 36.2 Å². The molecule has 1 aliphatic rings. The summed E-state index contributed by atoms with van der Waals surface area (Å²) in [5.74, 6) is -0.0530. The van der Waals surface area contributed by atoms with Crippen LogP contribution in [0.2, 0.25) is 0 Å². The van der Waals surface area contributed by atoms with Gasteiger partial charge < -0.3 is 10.0 Å². The van der Waals surface area contributed by atoms with Gasteiger partial charge in [-0.15, -0.1) is 0 Å². The number of aliphatic hydroxyl groups is 1. The van der Waals surface area contributed by atoms with Crippen molar-refractivity contribution in [1.29, 1.82) is 0 Å². The maximum absolute atomic E-state index is 13.7. The summed E-state index contributed by atoms with van der Waals surface area (Å²) in [5, 5.41) is 10.9. The Bertz CT molecular complexity index is 1380. The molecule has 0 aromatic heterocycles. The molecule has 1 aliphatic heterocycles. The average Bonchev–Trinajstić information content (AvgIpc) is 2.93. The lowest BCUT2D eigenvalue weighted by Crippen LogP contribution is -2.47. The largest absolute Gasteiger partial charge is 0.388 e. The van der Waals surface area contributed by atoms with E-state index in [0.29, 0.717) is 6.42 Å². The molecule has 1 heterocycles. The number of rotatable bonds is 9. The van der Waals surface area contributed by atoms with Gasteiger partial charge in [0.1, 0.15) is 5.82 Å². The van der Waals surface area contributed by atoms with E-state index in [-0.39, 0.29) is 17.8 Å². The molecule has 38 heavy (non-hydrogen) atoms. The maximum Gasteiger partial charge on any atom is 0.123 e. The highest BCUT2D eigenvalue weighted by Gasteiger charge is 2.43. The number of aryl methyl sites for hydroxylation is 2. The van der Waals surface area contributed by atoms with Crippen molar-refractivity contribution in [3.8, 4) is 11.1 Å². The van der Waals surface area contributed by atoms with Crippen LogP contribution in [0.1, 0.15) is 60.6 Å². The number of anilines is 1. The number of nitrogens with zero attached hydrogens (tertiary/aromatic N) is 1. The summed E-state index contributed by atoms with van der Waals surface area (Å²) in [6, 6.07) is 32.4. The summed E-state index contributed by atoms with van der Waals surface area (Å²) in [4.78, 5) is 2.21. The predicted molar refractivity (Wildman–Crippen MR) is 155 cm³/mol. The van der Waals surface area contributed by atoms with Crippen molar-refractivity contribution in [2.24, 2.45) is 5.92 Å². The SMILES string of the molecule is C=C1C(CCC(O)c2ccc(C)cc2)C(c2ccc(-c3cccc(CCC)c3)cc2)N1c1ccc(F)cc1. The van der Waals surface area contributed by atoms with E-state index in [2.05, 4.69) is 73.9 Å². The molecule has 1 fully saturated rings. The minimum Gasteiger partial charge on any atom is -0.388 e. The molecular formula is C35H36FNO. The van der Waals surface area contributed by atoms with Crippen molar-refractivity contribution in [1.82, 2.24) is 0 Å². The van der Waals surface area contributed by atoms with Gasteiger partial charge in [-0.05, 0) is 78.3 Å². The van der Waals surface area contributed by atoms with Gasteiger partial charge in [0, 0.05) is 17.3 Å². The van der Waals surface area contributed by atoms with Gasteiger partial charge in [-0.2, -0.15) is 0 Å². The van der Waals surface area contributed by atoms with Crippen molar-refractivity contribution in [2.75, 3.05) is 4.90 Å². The Kier molecular flexibility index (Phi) is 7.76.